The molecule has 1 amide bonds. The second kappa shape index (κ2) is 10.1. The molecule has 3 rings (SSSR count). The van der Waals surface area contributed by atoms with Gasteiger partial charge in [0, 0.05) is 12.0 Å². The number of carboxylic acids is 1. The summed E-state index contributed by atoms with van der Waals surface area (Å²) in [5.74, 6) is -2.22. The number of sulfone groups is 1. The fourth-order valence-corrected chi connectivity index (χ4v) is 4.43. The maximum absolute atomic E-state index is 12.4. The van der Waals surface area contributed by atoms with Gasteiger partial charge in [0.2, 0.25) is 5.91 Å². The number of methoxy groups -OCH3 is 1. The van der Waals surface area contributed by atoms with Gasteiger partial charge in [-0.2, -0.15) is 0 Å². The largest absolute Gasteiger partial charge is 0.496 e. The zero-order chi connectivity index (χ0) is 23.1. The van der Waals surface area contributed by atoms with Crippen LogP contribution in [0, 0.1) is 0 Å². The SMILES string of the molecule is COc1ccccc1-c1ccc(C[C@H](NC(=O)CS(=O)(=O)c2ccccc2)C(=O)O)cc1. The average Bonchev–Trinajstić information content (AvgIpc) is 2.79. The number of aliphatic carboxylic acids is 1. The fourth-order valence-electron chi connectivity index (χ4n) is 3.26. The van der Waals surface area contributed by atoms with E-state index in [2.05, 4.69) is 5.32 Å². The lowest BCUT2D eigenvalue weighted by Crippen LogP contribution is -2.44. The highest BCUT2D eigenvalue weighted by molar-refractivity contribution is 7.92. The number of hydrogen-bond acceptors (Lipinski definition) is 5. The molecule has 8 heteroatoms. The van der Waals surface area contributed by atoms with E-state index in [-0.39, 0.29) is 11.3 Å². The summed E-state index contributed by atoms with van der Waals surface area (Å²) >= 11 is 0. The van der Waals surface area contributed by atoms with Crippen LogP contribution in [0.3, 0.4) is 0 Å². The van der Waals surface area contributed by atoms with E-state index in [1.807, 2.05) is 36.4 Å². The number of carbonyl (C=O) groups is 2. The molecular weight excluding hydrogens is 430 g/mol. The van der Waals surface area contributed by atoms with E-state index in [4.69, 9.17) is 4.74 Å². The van der Waals surface area contributed by atoms with E-state index in [1.165, 1.54) is 12.1 Å². The summed E-state index contributed by atoms with van der Waals surface area (Å²) < 4.78 is 30.1. The Labute approximate surface area is 186 Å². The zero-order valence-corrected chi connectivity index (χ0v) is 18.2. The molecule has 0 aliphatic carbocycles. The minimum Gasteiger partial charge on any atom is -0.496 e. The lowest BCUT2D eigenvalue weighted by atomic mass is 10.00. The Balaban J connectivity index is 1.69. The van der Waals surface area contributed by atoms with Gasteiger partial charge in [0.1, 0.15) is 17.5 Å². The Morgan fingerprint density at radius 3 is 2.19 bits per heavy atom. The molecule has 32 heavy (non-hydrogen) atoms. The standard InChI is InChI=1S/C24H23NO6S/c1-31-22-10-6-5-9-20(22)18-13-11-17(12-14-18)15-21(24(27)28)25-23(26)16-32(29,30)19-7-3-2-4-8-19/h2-14,21H,15-16H2,1H3,(H,25,26)(H,27,28)/t21-/m0/s1. The van der Waals surface area contributed by atoms with Gasteiger partial charge < -0.3 is 15.2 Å². The first-order valence-corrected chi connectivity index (χ1v) is 11.5. The van der Waals surface area contributed by atoms with Crippen LogP contribution in [0.15, 0.2) is 83.8 Å². The second-order valence-corrected chi connectivity index (χ2v) is 9.12. The van der Waals surface area contributed by atoms with E-state index in [0.717, 1.165) is 16.9 Å². The van der Waals surface area contributed by atoms with Crippen LogP contribution >= 0.6 is 0 Å². The van der Waals surface area contributed by atoms with E-state index in [0.29, 0.717) is 5.56 Å². The summed E-state index contributed by atoms with van der Waals surface area (Å²) in [7, 11) is -2.27. The number of carbonyl (C=O) groups excluding carboxylic acids is 1. The van der Waals surface area contributed by atoms with Gasteiger partial charge in [-0.1, -0.05) is 60.7 Å². The van der Waals surface area contributed by atoms with Gasteiger partial charge in [-0.15, -0.1) is 0 Å². The van der Waals surface area contributed by atoms with Crippen LogP contribution < -0.4 is 10.1 Å². The molecule has 1 atom stereocenters. The van der Waals surface area contributed by atoms with Crippen LogP contribution in [0.2, 0.25) is 0 Å². The van der Waals surface area contributed by atoms with Crippen molar-refractivity contribution in [1.82, 2.24) is 5.32 Å². The topological polar surface area (TPSA) is 110 Å². The summed E-state index contributed by atoms with van der Waals surface area (Å²) in [5, 5.41) is 11.8. The molecule has 7 nitrogen and oxygen atoms in total. The Kier molecular flexibility index (Phi) is 7.27. The summed E-state index contributed by atoms with van der Waals surface area (Å²) in [5.41, 5.74) is 2.48. The highest BCUT2D eigenvalue weighted by Gasteiger charge is 2.25. The number of amides is 1. The molecule has 0 heterocycles. The van der Waals surface area contributed by atoms with Crippen LogP contribution in [-0.4, -0.2) is 44.3 Å². The van der Waals surface area contributed by atoms with Crippen molar-refractivity contribution in [3.63, 3.8) is 0 Å². The van der Waals surface area contributed by atoms with E-state index < -0.39 is 33.5 Å². The van der Waals surface area contributed by atoms with Gasteiger partial charge in [-0.3, -0.25) is 4.79 Å². The predicted octanol–water partition coefficient (Wildman–Crippen LogP) is 2.95. The molecule has 0 unspecified atom stereocenters. The van der Waals surface area contributed by atoms with Crippen molar-refractivity contribution in [2.75, 3.05) is 12.9 Å². The molecule has 0 aliphatic heterocycles. The van der Waals surface area contributed by atoms with Crippen molar-refractivity contribution in [3.8, 4) is 16.9 Å². The van der Waals surface area contributed by atoms with Gasteiger partial charge in [0.15, 0.2) is 9.84 Å². The number of carboxylic acid groups (broad SMARTS) is 1. The number of rotatable bonds is 9. The number of para-hydroxylation sites is 1. The van der Waals surface area contributed by atoms with Crippen LogP contribution in [0.5, 0.6) is 5.75 Å². The molecule has 166 valence electrons. The lowest BCUT2D eigenvalue weighted by molar-refractivity contribution is -0.141. The lowest BCUT2D eigenvalue weighted by Gasteiger charge is -2.15. The molecule has 0 aromatic heterocycles. The van der Waals surface area contributed by atoms with Gasteiger partial charge in [-0.05, 0) is 29.3 Å². The Morgan fingerprint density at radius 1 is 0.938 bits per heavy atom. The molecule has 0 saturated heterocycles. The molecule has 0 radical (unpaired) electrons. The zero-order valence-electron chi connectivity index (χ0n) is 17.4. The third kappa shape index (κ3) is 5.73. The van der Waals surface area contributed by atoms with E-state index in [9.17, 15) is 23.1 Å². The van der Waals surface area contributed by atoms with E-state index >= 15 is 0 Å². The molecule has 3 aromatic rings. The fraction of sp³-hybridized carbons (Fsp3) is 0.167. The maximum Gasteiger partial charge on any atom is 0.326 e. The van der Waals surface area contributed by atoms with Gasteiger partial charge in [0.05, 0.1) is 12.0 Å². The van der Waals surface area contributed by atoms with Crippen LogP contribution in [0.1, 0.15) is 5.56 Å². The number of hydrogen-bond donors (Lipinski definition) is 2. The van der Waals surface area contributed by atoms with Crippen LogP contribution in [0.25, 0.3) is 11.1 Å². The molecular formula is C24H23NO6S. The quantitative estimate of drug-likeness (QED) is 0.516. The number of nitrogens with one attached hydrogen (secondary N) is 1. The van der Waals surface area contributed by atoms with Crippen molar-refractivity contribution < 1.29 is 27.9 Å². The first-order chi connectivity index (χ1) is 15.3. The minimum absolute atomic E-state index is 0.00829. The monoisotopic (exact) mass is 453 g/mol. The van der Waals surface area contributed by atoms with Gasteiger partial charge in [0.25, 0.3) is 0 Å². The smallest absolute Gasteiger partial charge is 0.326 e. The molecule has 0 spiro atoms. The van der Waals surface area contributed by atoms with Crippen molar-refractivity contribution in [2.24, 2.45) is 0 Å². The summed E-state index contributed by atoms with van der Waals surface area (Å²) in [6, 6.07) is 21.0. The minimum atomic E-state index is -3.86. The van der Waals surface area contributed by atoms with Crippen molar-refractivity contribution >= 4 is 21.7 Å². The number of ether oxygens (including phenoxy) is 1. The normalized spacial score (nSPS) is 12.0. The maximum atomic E-state index is 12.4. The second-order valence-electron chi connectivity index (χ2n) is 7.13. The first kappa shape index (κ1) is 23.0. The highest BCUT2D eigenvalue weighted by Crippen LogP contribution is 2.29. The predicted molar refractivity (Wildman–Crippen MR) is 120 cm³/mol. The Bertz CT molecular complexity index is 1190. The number of benzene rings is 3. The first-order valence-electron chi connectivity index (χ1n) is 9.82. The van der Waals surface area contributed by atoms with Gasteiger partial charge in [-0.25, -0.2) is 13.2 Å². The van der Waals surface area contributed by atoms with E-state index in [1.54, 1.807) is 37.4 Å². The van der Waals surface area contributed by atoms with Crippen molar-refractivity contribution in [2.45, 2.75) is 17.4 Å². The Hall–Kier alpha value is -3.65. The summed E-state index contributed by atoms with van der Waals surface area (Å²) in [4.78, 5) is 24.0. The Morgan fingerprint density at radius 2 is 1.56 bits per heavy atom. The van der Waals surface area contributed by atoms with Gasteiger partial charge >= 0.3 is 5.97 Å². The average molecular weight is 454 g/mol. The molecule has 0 saturated carbocycles. The molecule has 0 bridgehead atoms. The molecule has 0 aliphatic rings. The van der Waals surface area contributed by atoms with Crippen LogP contribution in [-0.2, 0) is 25.8 Å². The summed E-state index contributed by atoms with van der Waals surface area (Å²) in [6.07, 6.45) is 0.0126. The van der Waals surface area contributed by atoms with Crippen molar-refractivity contribution in [3.05, 3.63) is 84.4 Å². The molecule has 2 N–H and O–H groups in total. The van der Waals surface area contributed by atoms with Crippen LogP contribution in [0.4, 0.5) is 0 Å². The summed E-state index contributed by atoms with van der Waals surface area (Å²) in [6.45, 7) is 0. The highest BCUT2D eigenvalue weighted by atomic mass is 32.2. The molecule has 0 fully saturated rings. The third-order valence-electron chi connectivity index (χ3n) is 4.87. The van der Waals surface area contributed by atoms with Crippen molar-refractivity contribution in [1.29, 1.82) is 0 Å². The molecule has 3 aromatic carbocycles. The third-order valence-corrected chi connectivity index (χ3v) is 6.50.